The van der Waals surface area contributed by atoms with Gasteiger partial charge < -0.3 is 18.6 Å². The van der Waals surface area contributed by atoms with E-state index in [1.807, 2.05) is 6.07 Å². The van der Waals surface area contributed by atoms with Crippen molar-refractivity contribution in [2.75, 3.05) is 9.80 Å². The molecule has 14 rings (SSSR count). The zero-order chi connectivity index (χ0) is 56.8. The van der Waals surface area contributed by atoms with Crippen LogP contribution in [0.1, 0.15) is 105 Å². The highest BCUT2D eigenvalue weighted by Gasteiger charge is 2.25. The van der Waals surface area contributed by atoms with E-state index in [1.54, 1.807) is 0 Å². The van der Waals surface area contributed by atoms with Gasteiger partial charge in [0.05, 0.1) is 16.6 Å². The van der Waals surface area contributed by atoms with E-state index >= 15 is 0 Å². The summed E-state index contributed by atoms with van der Waals surface area (Å²) in [6, 6.07) is 80.4. The molecular formula is C78H71N3O. The molecule has 0 fully saturated rings. The fourth-order valence-corrected chi connectivity index (χ4v) is 12.7. The summed E-state index contributed by atoms with van der Waals surface area (Å²) in [4.78, 5) is 4.83. The third-order valence-electron chi connectivity index (χ3n) is 17.5. The Balaban J connectivity index is 0.989. The molecule has 0 bridgehead atoms. The Morgan fingerprint density at radius 3 is 1.05 bits per heavy atom. The SMILES string of the molecule is CC(C)(C)c1ccc(N(c2ccc(C(C)(C)C)cc2)c2ccc3cc4c5cc(-c6ccc7oc8ccccc8c7c6)cc6c7cc8ccc(N(c9ccc(C(C)(C)C)cc9)c9ccc(C(C)(C)C)cc9)cc8cc7n(c4cc3c2)c56)cc1. The van der Waals surface area contributed by atoms with E-state index < -0.39 is 0 Å². The molecule has 0 N–H and O–H groups in total. The quantitative estimate of drug-likeness (QED) is 0.159. The Morgan fingerprint density at radius 1 is 0.280 bits per heavy atom. The summed E-state index contributed by atoms with van der Waals surface area (Å²) in [6.07, 6.45) is 0. The minimum atomic E-state index is 0.0442. The van der Waals surface area contributed by atoms with Gasteiger partial charge in [0, 0.05) is 66.4 Å². The number of fused-ring (bicyclic) bond motifs is 11. The van der Waals surface area contributed by atoms with Crippen molar-refractivity contribution >= 4 is 116 Å². The van der Waals surface area contributed by atoms with Crippen molar-refractivity contribution in [3.63, 3.8) is 0 Å². The van der Waals surface area contributed by atoms with Gasteiger partial charge in [-0.15, -0.1) is 0 Å². The molecule has 0 radical (unpaired) electrons. The molecule has 4 nitrogen and oxygen atoms in total. The average molecular weight is 1070 g/mol. The Kier molecular flexibility index (Phi) is 11.5. The van der Waals surface area contributed by atoms with Gasteiger partial charge in [-0.3, -0.25) is 0 Å². The number of para-hydroxylation sites is 1. The maximum atomic E-state index is 6.34. The normalized spacial score (nSPS) is 12.9. The standard InChI is InChI=1S/C78H71N3O/c1-75(2,3)54-20-30-58(31-21-54)79(59-32-22-55(23-33-59)76(4,5)6)62-28-17-48-41-65-68-44-53(50-19-38-73-67(43-50)64-15-13-14-16-72(64)82-73)45-69-66-42-49-18-29-63(40-52(49)47-71(66)81(74(68)69)70(65)46-51(48)39-62)80(60-34-24-56(25-35-60)77(7,8)9)61-36-26-57(27-37-61)78(10,11)12/h13-47H,1-12H3. The highest BCUT2D eigenvalue weighted by molar-refractivity contribution is 6.27. The van der Waals surface area contributed by atoms with Gasteiger partial charge >= 0.3 is 0 Å². The van der Waals surface area contributed by atoms with Crippen molar-refractivity contribution in [1.29, 1.82) is 0 Å². The molecule has 3 aromatic heterocycles. The number of anilines is 6. The van der Waals surface area contributed by atoms with Gasteiger partial charge in [-0.2, -0.15) is 0 Å². The summed E-state index contributed by atoms with van der Waals surface area (Å²) in [5.41, 5.74) is 20.0. The van der Waals surface area contributed by atoms with Crippen LogP contribution in [0.4, 0.5) is 34.1 Å². The van der Waals surface area contributed by atoms with E-state index in [2.05, 4.69) is 304 Å². The van der Waals surface area contributed by atoms with Crippen LogP contribution in [0.2, 0.25) is 0 Å². The topological polar surface area (TPSA) is 24.0 Å². The largest absolute Gasteiger partial charge is 0.456 e. The third kappa shape index (κ3) is 8.65. The number of benzene rings is 11. The molecule has 404 valence electrons. The van der Waals surface area contributed by atoms with Gasteiger partial charge in [0.15, 0.2) is 0 Å². The molecular weight excluding hydrogens is 995 g/mol. The highest BCUT2D eigenvalue weighted by atomic mass is 16.3. The summed E-state index contributed by atoms with van der Waals surface area (Å²) in [5.74, 6) is 0. The van der Waals surface area contributed by atoms with Gasteiger partial charge in [-0.1, -0.05) is 168 Å². The van der Waals surface area contributed by atoms with Crippen molar-refractivity contribution in [3.05, 3.63) is 235 Å². The maximum absolute atomic E-state index is 6.34. The van der Waals surface area contributed by atoms with Crippen LogP contribution in [0, 0.1) is 0 Å². The molecule has 0 aliphatic heterocycles. The van der Waals surface area contributed by atoms with E-state index in [-0.39, 0.29) is 21.7 Å². The van der Waals surface area contributed by atoms with Crippen molar-refractivity contribution in [2.45, 2.75) is 105 Å². The van der Waals surface area contributed by atoms with Crippen LogP contribution in [-0.4, -0.2) is 4.40 Å². The smallest absolute Gasteiger partial charge is 0.135 e. The van der Waals surface area contributed by atoms with E-state index in [0.717, 1.165) is 56.1 Å². The van der Waals surface area contributed by atoms with Crippen LogP contribution < -0.4 is 9.80 Å². The summed E-state index contributed by atoms with van der Waals surface area (Å²) >= 11 is 0. The van der Waals surface area contributed by atoms with Crippen molar-refractivity contribution < 1.29 is 4.42 Å². The van der Waals surface area contributed by atoms with Gasteiger partial charge in [0.2, 0.25) is 0 Å². The lowest BCUT2D eigenvalue weighted by atomic mass is 9.86. The van der Waals surface area contributed by atoms with Gasteiger partial charge in [0.1, 0.15) is 11.2 Å². The van der Waals surface area contributed by atoms with Crippen LogP contribution >= 0.6 is 0 Å². The molecule has 0 aliphatic rings. The van der Waals surface area contributed by atoms with Gasteiger partial charge in [-0.05, 0) is 204 Å². The minimum Gasteiger partial charge on any atom is -0.456 e. The molecule has 0 atom stereocenters. The molecule has 4 heteroatoms. The molecule has 14 aromatic rings. The first-order valence-corrected chi connectivity index (χ1v) is 29.2. The zero-order valence-corrected chi connectivity index (χ0v) is 49.5. The Labute approximate surface area is 482 Å². The van der Waals surface area contributed by atoms with Crippen molar-refractivity contribution in [2.24, 2.45) is 0 Å². The summed E-state index contributed by atoms with van der Waals surface area (Å²) in [6.45, 7) is 27.4. The van der Waals surface area contributed by atoms with E-state index in [4.69, 9.17) is 4.42 Å². The third-order valence-corrected chi connectivity index (χ3v) is 17.5. The second-order valence-corrected chi connectivity index (χ2v) is 27.2. The molecule has 11 aromatic carbocycles. The molecule has 0 saturated carbocycles. The lowest BCUT2D eigenvalue weighted by Gasteiger charge is -2.28. The Morgan fingerprint density at radius 2 is 0.646 bits per heavy atom. The summed E-state index contributed by atoms with van der Waals surface area (Å²) in [5, 5.41) is 12.0. The van der Waals surface area contributed by atoms with Crippen LogP contribution in [0.3, 0.4) is 0 Å². The predicted molar refractivity (Wildman–Crippen MR) is 353 cm³/mol. The van der Waals surface area contributed by atoms with Gasteiger partial charge in [-0.25, -0.2) is 0 Å². The first-order chi connectivity index (χ1) is 39.1. The predicted octanol–water partition coefficient (Wildman–Crippen LogP) is 22.8. The Hall–Kier alpha value is -8.86. The van der Waals surface area contributed by atoms with Gasteiger partial charge in [0.25, 0.3) is 0 Å². The molecule has 82 heavy (non-hydrogen) atoms. The average Bonchev–Trinajstić information content (AvgIpc) is 1.72. The molecule has 3 heterocycles. The highest BCUT2D eigenvalue weighted by Crippen LogP contribution is 2.47. The first kappa shape index (κ1) is 51.3. The molecule has 0 aliphatic carbocycles. The lowest BCUT2D eigenvalue weighted by molar-refractivity contribution is 0.590. The van der Waals surface area contributed by atoms with E-state index in [1.165, 1.54) is 93.0 Å². The molecule has 0 amide bonds. The second kappa shape index (κ2) is 18.3. The summed E-state index contributed by atoms with van der Waals surface area (Å²) in [7, 11) is 0. The number of rotatable bonds is 7. The molecule has 0 unspecified atom stereocenters. The first-order valence-electron chi connectivity index (χ1n) is 29.2. The lowest BCUT2D eigenvalue weighted by Crippen LogP contribution is -2.14. The fraction of sp³-hybridized carbons (Fsp3) is 0.205. The van der Waals surface area contributed by atoms with E-state index in [9.17, 15) is 0 Å². The zero-order valence-electron chi connectivity index (χ0n) is 49.5. The van der Waals surface area contributed by atoms with E-state index in [0.29, 0.717) is 0 Å². The number of aromatic nitrogens is 1. The molecule has 0 spiro atoms. The van der Waals surface area contributed by atoms with Crippen LogP contribution in [0.15, 0.2) is 217 Å². The molecule has 0 saturated heterocycles. The van der Waals surface area contributed by atoms with Crippen LogP contribution in [0.5, 0.6) is 0 Å². The van der Waals surface area contributed by atoms with Crippen LogP contribution in [-0.2, 0) is 21.7 Å². The Bertz CT molecular complexity index is 4430. The van der Waals surface area contributed by atoms with Crippen molar-refractivity contribution in [1.82, 2.24) is 4.40 Å². The number of hydrogen-bond acceptors (Lipinski definition) is 3. The van der Waals surface area contributed by atoms with Crippen LogP contribution in [0.25, 0.3) is 92.7 Å². The number of furan rings is 1. The fourth-order valence-electron chi connectivity index (χ4n) is 12.7. The number of nitrogens with zero attached hydrogens (tertiary/aromatic N) is 3. The minimum absolute atomic E-state index is 0.0442. The van der Waals surface area contributed by atoms with Crippen molar-refractivity contribution in [3.8, 4) is 11.1 Å². The monoisotopic (exact) mass is 1070 g/mol. The summed E-state index contributed by atoms with van der Waals surface area (Å²) < 4.78 is 8.91. The maximum Gasteiger partial charge on any atom is 0.135 e. The second-order valence-electron chi connectivity index (χ2n) is 27.2. The number of hydrogen-bond donors (Lipinski definition) is 0.